The zero-order chi connectivity index (χ0) is 24.4. The second kappa shape index (κ2) is 9.64. The van der Waals surface area contributed by atoms with Crippen LogP contribution in [-0.2, 0) is 25.8 Å². The summed E-state index contributed by atoms with van der Waals surface area (Å²) in [5.74, 6) is -2.16. The van der Waals surface area contributed by atoms with Crippen molar-refractivity contribution in [2.24, 2.45) is 5.16 Å². The van der Waals surface area contributed by atoms with Crippen LogP contribution in [0.25, 0.3) is 0 Å². The molecule has 0 spiro atoms. The molecule has 2 aromatic rings. The van der Waals surface area contributed by atoms with Crippen LogP contribution in [0.4, 0.5) is 10.8 Å². The quantitative estimate of drug-likeness (QED) is 0.152. The minimum atomic E-state index is -1.22. The van der Waals surface area contributed by atoms with Crippen LogP contribution >= 0.6 is 23.3 Å². The van der Waals surface area contributed by atoms with Gasteiger partial charge < -0.3 is 26.7 Å². The maximum Gasteiger partial charge on any atom is 0.352 e. The number of carbonyl (C=O) groups is 3. The van der Waals surface area contributed by atoms with E-state index in [-0.39, 0.29) is 35.5 Å². The van der Waals surface area contributed by atoms with Gasteiger partial charge in [0.05, 0.1) is 5.69 Å². The first-order chi connectivity index (χ1) is 16.3. The standard InChI is InChI=1S/C19H20N8O5S2/c1-2-32-24-11(14-23-19(21)34-25-14)15(28)22-12-16(29)27-13(18(30)31)9(8-33-17(12)27)6-26-5-3-4-10(20)7-26/h3-5,7,12,17H,2,6,8,20H2,1H3,(H3-,21,22,23,25,28,30,31)/p+1/b24-11-/t12?,17-/m1/s1. The van der Waals surface area contributed by atoms with Crippen molar-refractivity contribution in [1.29, 1.82) is 0 Å². The molecule has 0 saturated carbocycles. The number of β-lactam (4-membered cyclic amide) rings is 1. The van der Waals surface area contributed by atoms with Crippen molar-refractivity contribution in [3.05, 3.63) is 41.6 Å². The van der Waals surface area contributed by atoms with Crippen LogP contribution in [-0.4, -0.2) is 66.6 Å². The van der Waals surface area contributed by atoms with Crippen LogP contribution in [0.2, 0.25) is 0 Å². The zero-order valence-electron chi connectivity index (χ0n) is 17.9. The Hall–Kier alpha value is -3.72. The highest BCUT2D eigenvalue weighted by Crippen LogP contribution is 2.40. The highest BCUT2D eigenvalue weighted by Gasteiger charge is 2.54. The number of nitrogen functional groups attached to an aromatic ring is 2. The van der Waals surface area contributed by atoms with Crippen molar-refractivity contribution in [3.63, 3.8) is 0 Å². The number of nitrogens with two attached hydrogens (primary N) is 2. The minimum absolute atomic E-state index is 0.0269. The minimum Gasteiger partial charge on any atom is -0.477 e. The number of carbonyl (C=O) groups excluding carboxylic acids is 2. The lowest BCUT2D eigenvalue weighted by Gasteiger charge is -2.49. The van der Waals surface area contributed by atoms with Crippen LogP contribution in [0.1, 0.15) is 12.7 Å². The fourth-order valence-electron chi connectivity index (χ4n) is 3.52. The third-order valence-electron chi connectivity index (χ3n) is 4.94. The van der Waals surface area contributed by atoms with Crippen molar-refractivity contribution in [2.45, 2.75) is 24.9 Å². The SMILES string of the molecule is CCO/N=C(\C(=O)NC1C(=O)N2C(C(=O)O)=C(C[n+]3cccc(N)c3)CS[C@H]12)c1nsc(N)n1. The van der Waals surface area contributed by atoms with Gasteiger partial charge in [-0.15, -0.1) is 11.8 Å². The number of fused-ring (bicyclic) bond motifs is 1. The first-order valence-electron chi connectivity index (χ1n) is 10.0. The maximum absolute atomic E-state index is 12.9. The van der Waals surface area contributed by atoms with E-state index in [2.05, 4.69) is 19.8 Å². The molecule has 4 rings (SSSR count). The molecule has 2 atom stereocenters. The topological polar surface area (TPSA) is 190 Å². The highest BCUT2D eigenvalue weighted by atomic mass is 32.2. The number of hydrogen-bond donors (Lipinski definition) is 4. The number of carboxylic acid groups (broad SMARTS) is 1. The first kappa shape index (κ1) is 23.4. The molecule has 1 unspecified atom stereocenters. The van der Waals surface area contributed by atoms with Gasteiger partial charge in [-0.1, -0.05) is 5.16 Å². The number of nitrogens with one attached hydrogen (secondary N) is 1. The predicted octanol–water partition coefficient (Wildman–Crippen LogP) is -0.831. The van der Waals surface area contributed by atoms with E-state index in [0.29, 0.717) is 17.0 Å². The molecule has 6 N–H and O–H groups in total. The number of pyridine rings is 1. The molecule has 2 amide bonds. The van der Waals surface area contributed by atoms with Gasteiger partial charge in [0.2, 0.25) is 11.5 Å². The fourth-order valence-corrected chi connectivity index (χ4v) is 5.29. The Morgan fingerprint density at radius 1 is 1.44 bits per heavy atom. The van der Waals surface area contributed by atoms with Crippen molar-refractivity contribution < 1.29 is 28.9 Å². The molecule has 15 heteroatoms. The average Bonchev–Trinajstić information content (AvgIpc) is 3.23. The summed E-state index contributed by atoms with van der Waals surface area (Å²) in [5.41, 5.74) is 12.2. The summed E-state index contributed by atoms with van der Waals surface area (Å²) in [6, 6.07) is 2.53. The monoisotopic (exact) mass is 505 g/mol. The number of aromatic nitrogens is 3. The van der Waals surface area contributed by atoms with Crippen LogP contribution in [0, 0.1) is 0 Å². The number of nitrogens with zero attached hydrogens (tertiary/aromatic N) is 5. The largest absolute Gasteiger partial charge is 0.477 e. The van der Waals surface area contributed by atoms with E-state index in [4.69, 9.17) is 16.3 Å². The lowest BCUT2D eigenvalue weighted by molar-refractivity contribution is -0.688. The lowest BCUT2D eigenvalue weighted by atomic mass is 10.0. The first-order valence-corrected chi connectivity index (χ1v) is 11.9. The van der Waals surface area contributed by atoms with Crippen LogP contribution < -0.4 is 21.4 Å². The molecule has 1 saturated heterocycles. The van der Waals surface area contributed by atoms with Crippen LogP contribution in [0.15, 0.2) is 41.0 Å². The molecular weight excluding hydrogens is 484 g/mol. The van der Waals surface area contributed by atoms with E-state index < -0.39 is 29.2 Å². The molecule has 4 heterocycles. The number of oxime groups is 1. The number of amides is 2. The molecule has 2 aliphatic rings. The Kier molecular flexibility index (Phi) is 6.65. The summed E-state index contributed by atoms with van der Waals surface area (Å²) < 4.78 is 5.72. The number of rotatable bonds is 8. The van der Waals surface area contributed by atoms with E-state index >= 15 is 0 Å². The maximum atomic E-state index is 12.9. The molecule has 0 radical (unpaired) electrons. The number of aliphatic carboxylic acids is 1. The number of anilines is 2. The lowest BCUT2D eigenvalue weighted by Crippen LogP contribution is -2.71. The molecule has 1 fully saturated rings. The number of carboxylic acids is 1. The smallest absolute Gasteiger partial charge is 0.352 e. The molecular formula is C19H21N8O5S2+. The van der Waals surface area contributed by atoms with Crippen LogP contribution in [0.3, 0.4) is 0 Å². The second-order valence-electron chi connectivity index (χ2n) is 7.24. The molecule has 0 bridgehead atoms. The van der Waals surface area contributed by atoms with Crippen LogP contribution in [0.5, 0.6) is 0 Å². The normalized spacial score (nSPS) is 20.0. The third kappa shape index (κ3) is 4.51. The molecule has 13 nitrogen and oxygen atoms in total. The summed E-state index contributed by atoms with van der Waals surface area (Å²) in [7, 11) is 0. The number of thioether (sulfide) groups is 1. The van der Waals surface area contributed by atoms with E-state index in [9.17, 15) is 19.5 Å². The van der Waals surface area contributed by atoms with Crippen molar-refractivity contribution >= 4 is 57.6 Å². The van der Waals surface area contributed by atoms with E-state index in [1.807, 2.05) is 0 Å². The summed E-state index contributed by atoms with van der Waals surface area (Å²) in [5, 5.41) is 15.8. The van der Waals surface area contributed by atoms with E-state index in [1.54, 1.807) is 36.0 Å². The summed E-state index contributed by atoms with van der Waals surface area (Å²) in [6.07, 6.45) is 3.45. The fraction of sp³-hybridized carbons (Fsp3) is 0.316. The van der Waals surface area contributed by atoms with Gasteiger partial charge in [-0.25, -0.2) is 4.79 Å². The molecule has 0 aliphatic carbocycles. The molecule has 34 heavy (non-hydrogen) atoms. The Morgan fingerprint density at radius 2 is 2.24 bits per heavy atom. The molecule has 2 aromatic heterocycles. The second-order valence-corrected chi connectivity index (χ2v) is 9.13. The van der Waals surface area contributed by atoms with E-state index in [0.717, 1.165) is 11.5 Å². The molecule has 178 valence electrons. The van der Waals surface area contributed by atoms with Gasteiger partial charge in [0.1, 0.15) is 23.7 Å². The van der Waals surface area contributed by atoms with Gasteiger partial charge in [-0.2, -0.15) is 13.9 Å². The van der Waals surface area contributed by atoms with Crippen molar-refractivity contribution in [1.82, 2.24) is 19.6 Å². The van der Waals surface area contributed by atoms with E-state index in [1.165, 1.54) is 16.7 Å². The van der Waals surface area contributed by atoms with Gasteiger partial charge in [0.25, 0.3) is 11.8 Å². The summed E-state index contributed by atoms with van der Waals surface area (Å²) in [6.45, 7) is 2.15. The van der Waals surface area contributed by atoms with Gasteiger partial charge in [-0.3, -0.25) is 14.5 Å². The Morgan fingerprint density at radius 3 is 2.88 bits per heavy atom. The van der Waals surface area contributed by atoms with Crippen molar-refractivity contribution in [3.8, 4) is 0 Å². The average molecular weight is 506 g/mol. The Balaban J connectivity index is 1.53. The summed E-state index contributed by atoms with van der Waals surface area (Å²) >= 11 is 2.24. The predicted molar refractivity (Wildman–Crippen MR) is 123 cm³/mol. The van der Waals surface area contributed by atoms with Gasteiger partial charge in [-0.05, 0) is 13.0 Å². The van der Waals surface area contributed by atoms with Gasteiger partial charge in [0, 0.05) is 28.9 Å². The van der Waals surface area contributed by atoms with Gasteiger partial charge in [0.15, 0.2) is 24.1 Å². The third-order valence-corrected chi connectivity index (χ3v) is 6.83. The molecule has 2 aliphatic heterocycles. The summed E-state index contributed by atoms with van der Waals surface area (Å²) in [4.78, 5) is 48.0. The Labute approximate surface area is 201 Å². The highest BCUT2D eigenvalue weighted by molar-refractivity contribution is 8.00. The number of hydrogen-bond acceptors (Lipinski definition) is 11. The van der Waals surface area contributed by atoms with Gasteiger partial charge >= 0.3 is 5.97 Å². The van der Waals surface area contributed by atoms with Crippen molar-refractivity contribution in [2.75, 3.05) is 23.8 Å². The zero-order valence-corrected chi connectivity index (χ0v) is 19.5. The molecule has 0 aromatic carbocycles. The Bertz CT molecular complexity index is 1210.